The van der Waals surface area contributed by atoms with Gasteiger partial charge in [-0.1, -0.05) is 0 Å². The summed E-state index contributed by atoms with van der Waals surface area (Å²) in [6.07, 6.45) is 1.61. The number of halogens is 1. The summed E-state index contributed by atoms with van der Waals surface area (Å²) in [5, 5.41) is 0. The second-order valence-corrected chi connectivity index (χ2v) is 6.72. The summed E-state index contributed by atoms with van der Waals surface area (Å²) < 4.78 is 45.7. The molecule has 3 rings (SSSR count). The second kappa shape index (κ2) is 6.51. The Bertz CT molecular complexity index is 775. The molecule has 8 heteroatoms. The molecule has 0 bridgehead atoms. The van der Waals surface area contributed by atoms with Crippen LogP contribution < -0.4 is 9.62 Å². The molecule has 1 aromatic heterocycles. The lowest BCUT2D eigenvalue weighted by Gasteiger charge is -2.29. The molecule has 0 saturated carbocycles. The average molecular weight is 337 g/mol. The number of pyridine rings is 1. The molecule has 0 unspecified atom stereocenters. The van der Waals surface area contributed by atoms with Crippen LogP contribution >= 0.6 is 0 Å². The fourth-order valence-electron chi connectivity index (χ4n) is 2.32. The molecule has 1 aromatic carbocycles. The summed E-state index contributed by atoms with van der Waals surface area (Å²) >= 11 is 0. The Morgan fingerprint density at radius 1 is 1.13 bits per heavy atom. The maximum Gasteiger partial charge on any atom is 0.262 e. The van der Waals surface area contributed by atoms with Gasteiger partial charge in [0.1, 0.15) is 5.82 Å². The Labute approximate surface area is 134 Å². The van der Waals surface area contributed by atoms with Crippen LogP contribution in [0.4, 0.5) is 15.9 Å². The average Bonchev–Trinajstić information content (AvgIpc) is 2.56. The van der Waals surface area contributed by atoms with Gasteiger partial charge in [-0.3, -0.25) is 4.72 Å². The SMILES string of the molecule is O=S(=O)(Nc1cccnc1N1CCOCC1)c1ccc(F)cc1. The van der Waals surface area contributed by atoms with Crippen molar-refractivity contribution in [3.8, 4) is 0 Å². The maximum atomic E-state index is 13.0. The van der Waals surface area contributed by atoms with Crippen molar-refractivity contribution in [2.45, 2.75) is 4.90 Å². The Kier molecular flexibility index (Phi) is 4.44. The number of hydrogen-bond acceptors (Lipinski definition) is 5. The van der Waals surface area contributed by atoms with Crippen molar-refractivity contribution in [3.05, 3.63) is 48.4 Å². The normalized spacial score (nSPS) is 15.4. The standard InChI is InChI=1S/C15H16FN3O3S/c16-12-3-5-13(6-4-12)23(20,21)18-14-2-1-7-17-15(14)19-8-10-22-11-9-19/h1-7,18H,8-11H2. The summed E-state index contributed by atoms with van der Waals surface area (Å²) in [5.41, 5.74) is 0.388. The number of aromatic nitrogens is 1. The minimum atomic E-state index is -3.81. The number of anilines is 2. The minimum Gasteiger partial charge on any atom is -0.378 e. The first-order chi connectivity index (χ1) is 11.1. The topological polar surface area (TPSA) is 71.5 Å². The van der Waals surface area contributed by atoms with Crippen molar-refractivity contribution in [3.63, 3.8) is 0 Å². The Hall–Kier alpha value is -2.19. The fraction of sp³-hybridized carbons (Fsp3) is 0.267. The molecule has 2 aromatic rings. The van der Waals surface area contributed by atoms with E-state index in [1.165, 1.54) is 12.1 Å². The number of ether oxygens (including phenoxy) is 1. The van der Waals surface area contributed by atoms with E-state index in [9.17, 15) is 12.8 Å². The predicted molar refractivity (Wildman–Crippen MR) is 84.5 cm³/mol. The molecule has 1 saturated heterocycles. The van der Waals surface area contributed by atoms with Crippen molar-refractivity contribution in [2.75, 3.05) is 35.9 Å². The summed E-state index contributed by atoms with van der Waals surface area (Å²) in [6.45, 7) is 2.42. The molecule has 0 amide bonds. The molecule has 6 nitrogen and oxygen atoms in total. The minimum absolute atomic E-state index is 0.00400. The van der Waals surface area contributed by atoms with Crippen LogP contribution in [0.1, 0.15) is 0 Å². The van der Waals surface area contributed by atoms with E-state index in [0.29, 0.717) is 37.8 Å². The molecule has 0 radical (unpaired) electrons. The highest BCUT2D eigenvalue weighted by molar-refractivity contribution is 7.92. The Morgan fingerprint density at radius 3 is 2.52 bits per heavy atom. The zero-order valence-corrected chi connectivity index (χ0v) is 13.1. The third-order valence-corrected chi connectivity index (χ3v) is 4.85. The van der Waals surface area contributed by atoms with Crippen LogP contribution in [-0.4, -0.2) is 39.7 Å². The van der Waals surface area contributed by atoms with Gasteiger partial charge in [0.05, 0.1) is 23.8 Å². The monoisotopic (exact) mass is 337 g/mol. The summed E-state index contributed by atoms with van der Waals surface area (Å²) in [4.78, 5) is 6.24. The third kappa shape index (κ3) is 3.59. The number of hydrogen-bond donors (Lipinski definition) is 1. The van der Waals surface area contributed by atoms with E-state index in [1.54, 1.807) is 18.3 Å². The lowest BCUT2D eigenvalue weighted by atomic mass is 10.3. The summed E-state index contributed by atoms with van der Waals surface area (Å²) in [5.74, 6) is 0.0702. The summed E-state index contributed by atoms with van der Waals surface area (Å²) in [7, 11) is -3.81. The van der Waals surface area contributed by atoms with E-state index in [1.807, 2.05) is 4.90 Å². The zero-order chi connectivity index (χ0) is 16.3. The molecule has 23 heavy (non-hydrogen) atoms. The van der Waals surface area contributed by atoms with Crippen LogP contribution in [0.25, 0.3) is 0 Å². The number of morpholine rings is 1. The predicted octanol–water partition coefficient (Wildman–Crippen LogP) is 1.86. The number of nitrogens with one attached hydrogen (secondary N) is 1. The highest BCUT2D eigenvalue weighted by Crippen LogP contribution is 2.26. The Balaban J connectivity index is 1.89. The van der Waals surface area contributed by atoms with Gasteiger partial charge in [-0.2, -0.15) is 0 Å². The number of rotatable bonds is 4. The highest BCUT2D eigenvalue weighted by Gasteiger charge is 2.20. The van der Waals surface area contributed by atoms with Gasteiger partial charge in [0.15, 0.2) is 5.82 Å². The van der Waals surface area contributed by atoms with Gasteiger partial charge >= 0.3 is 0 Å². The van der Waals surface area contributed by atoms with Crippen LogP contribution in [0.5, 0.6) is 0 Å². The number of nitrogens with zero attached hydrogens (tertiary/aromatic N) is 2. The maximum absolute atomic E-state index is 13.0. The van der Waals surface area contributed by atoms with Gasteiger partial charge in [-0.15, -0.1) is 0 Å². The third-order valence-electron chi connectivity index (χ3n) is 3.47. The zero-order valence-electron chi connectivity index (χ0n) is 12.3. The number of sulfonamides is 1. The van der Waals surface area contributed by atoms with Crippen molar-refractivity contribution < 1.29 is 17.5 Å². The van der Waals surface area contributed by atoms with Crippen molar-refractivity contribution >= 4 is 21.5 Å². The molecule has 1 fully saturated rings. The molecule has 0 spiro atoms. The van der Waals surface area contributed by atoms with Crippen molar-refractivity contribution in [1.29, 1.82) is 0 Å². The van der Waals surface area contributed by atoms with Crippen LogP contribution in [0.3, 0.4) is 0 Å². The first kappa shape index (κ1) is 15.7. The van der Waals surface area contributed by atoms with Gasteiger partial charge in [0, 0.05) is 19.3 Å². The largest absolute Gasteiger partial charge is 0.378 e. The van der Waals surface area contributed by atoms with Gasteiger partial charge in [0.25, 0.3) is 10.0 Å². The van der Waals surface area contributed by atoms with Crippen LogP contribution in [0.15, 0.2) is 47.5 Å². The fourth-order valence-corrected chi connectivity index (χ4v) is 3.38. The van der Waals surface area contributed by atoms with E-state index in [4.69, 9.17) is 4.74 Å². The van der Waals surface area contributed by atoms with Gasteiger partial charge in [-0.05, 0) is 36.4 Å². The molecule has 1 aliphatic heterocycles. The smallest absolute Gasteiger partial charge is 0.262 e. The highest BCUT2D eigenvalue weighted by atomic mass is 32.2. The quantitative estimate of drug-likeness (QED) is 0.922. The van der Waals surface area contributed by atoms with E-state index in [2.05, 4.69) is 9.71 Å². The first-order valence-corrected chi connectivity index (χ1v) is 8.61. The lowest BCUT2D eigenvalue weighted by molar-refractivity contribution is 0.122. The van der Waals surface area contributed by atoms with Crippen molar-refractivity contribution in [2.24, 2.45) is 0 Å². The molecule has 1 N–H and O–H groups in total. The molecule has 0 atom stereocenters. The molecule has 0 aliphatic carbocycles. The second-order valence-electron chi connectivity index (χ2n) is 5.03. The van der Waals surface area contributed by atoms with Crippen LogP contribution in [0.2, 0.25) is 0 Å². The number of benzene rings is 1. The van der Waals surface area contributed by atoms with Gasteiger partial charge < -0.3 is 9.64 Å². The van der Waals surface area contributed by atoms with E-state index >= 15 is 0 Å². The molecule has 122 valence electrons. The van der Waals surface area contributed by atoms with Gasteiger partial charge in [0.2, 0.25) is 0 Å². The lowest BCUT2D eigenvalue weighted by Crippen LogP contribution is -2.37. The van der Waals surface area contributed by atoms with E-state index in [-0.39, 0.29) is 4.90 Å². The van der Waals surface area contributed by atoms with Crippen LogP contribution in [0, 0.1) is 5.82 Å². The molecular weight excluding hydrogens is 321 g/mol. The Morgan fingerprint density at radius 2 is 1.83 bits per heavy atom. The summed E-state index contributed by atoms with van der Waals surface area (Å²) in [6, 6.07) is 7.98. The molecular formula is C15H16FN3O3S. The first-order valence-electron chi connectivity index (χ1n) is 7.12. The van der Waals surface area contributed by atoms with Crippen molar-refractivity contribution in [1.82, 2.24) is 4.98 Å². The van der Waals surface area contributed by atoms with Crippen LogP contribution in [-0.2, 0) is 14.8 Å². The molecule has 1 aliphatic rings. The van der Waals surface area contributed by atoms with E-state index < -0.39 is 15.8 Å². The molecule has 2 heterocycles. The van der Waals surface area contributed by atoms with E-state index in [0.717, 1.165) is 12.1 Å². The van der Waals surface area contributed by atoms with Gasteiger partial charge in [-0.25, -0.2) is 17.8 Å².